The van der Waals surface area contributed by atoms with Crippen LogP contribution in [0.5, 0.6) is 0 Å². The van der Waals surface area contributed by atoms with E-state index in [9.17, 15) is 10.5 Å². The second kappa shape index (κ2) is 5.47. The Morgan fingerprint density at radius 1 is 0.900 bits per heavy atom. The highest BCUT2D eigenvalue weighted by molar-refractivity contribution is 5.67. The van der Waals surface area contributed by atoms with Gasteiger partial charge in [0, 0.05) is 17.1 Å². The first-order valence-corrected chi connectivity index (χ1v) is 6.36. The van der Waals surface area contributed by atoms with E-state index < -0.39 is 0 Å². The zero-order valence-electron chi connectivity index (χ0n) is 11.8. The first-order valence-electron chi connectivity index (χ1n) is 6.36. The van der Waals surface area contributed by atoms with Crippen LogP contribution >= 0.6 is 0 Å². The van der Waals surface area contributed by atoms with Crippen LogP contribution in [-0.4, -0.2) is 0 Å². The van der Waals surface area contributed by atoms with E-state index in [4.69, 9.17) is 0 Å². The van der Waals surface area contributed by atoms with E-state index in [1.165, 1.54) is 0 Å². The lowest BCUT2D eigenvalue weighted by Gasteiger charge is -2.26. The van der Waals surface area contributed by atoms with Crippen molar-refractivity contribution in [1.29, 1.82) is 10.5 Å². The number of hydrogen-bond donors (Lipinski definition) is 0. The SMILES string of the molecule is CC1=CC(C#N)=C(C)N(c2ccccc2)C(C)=C1C#N. The van der Waals surface area contributed by atoms with Gasteiger partial charge in [0.05, 0.1) is 11.1 Å². The minimum absolute atomic E-state index is 0.580. The first kappa shape index (κ1) is 13.6. The van der Waals surface area contributed by atoms with E-state index in [1.807, 2.05) is 56.0 Å². The number of nitrogens with zero attached hydrogens (tertiary/aromatic N) is 3. The summed E-state index contributed by atoms with van der Waals surface area (Å²) in [6.07, 6.45) is 1.78. The van der Waals surface area contributed by atoms with Crippen LogP contribution in [-0.2, 0) is 0 Å². The normalized spacial score (nSPS) is 15.4. The van der Waals surface area contributed by atoms with Crippen LogP contribution in [0, 0.1) is 22.7 Å². The molecule has 0 N–H and O–H groups in total. The Hall–Kier alpha value is -2.78. The summed E-state index contributed by atoms with van der Waals surface area (Å²) in [6.45, 7) is 5.67. The molecule has 3 nitrogen and oxygen atoms in total. The van der Waals surface area contributed by atoms with Crippen molar-refractivity contribution >= 4 is 5.69 Å². The summed E-state index contributed by atoms with van der Waals surface area (Å²) < 4.78 is 0. The van der Waals surface area contributed by atoms with Gasteiger partial charge in [0.2, 0.25) is 0 Å². The zero-order valence-corrected chi connectivity index (χ0v) is 11.8. The molecule has 0 aromatic heterocycles. The molecule has 1 aromatic carbocycles. The smallest absolute Gasteiger partial charge is 0.101 e. The highest BCUT2D eigenvalue weighted by Gasteiger charge is 2.21. The van der Waals surface area contributed by atoms with Gasteiger partial charge in [-0.05, 0) is 44.6 Å². The van der Waals surface area contributed by atoms with Gasteiger partial charge in [-0.1, -0.05) is 18.2 Å². The molecule has 0 fully saturated rings. The Morgan fingerprint density at radius 2 is 1.55 bits per heavy atom. The van der Waals surface area contributed by atoms with Crippen molar-refractivity contribution < 1.29 is 0 Å². The summed E-state index contributed by atoms with van der Waals surface area (Å²) in [7, 11) is 0. The molecule has 1 heterocycles. The molecule has 2 rings (SSSR count). The highest BCUT2D eigenvalue weighted by Crippen LogP contribution is 2.32. The molecule has 0 saturated carbocycles. The van der Waals surface area contributed by atoms with Gasteiger partial charge in [0.25, 0.3) is 0 Å². The number of benzene rings is 1. The van der Waals surface area contributed by atoms with Crippen LogP contribution in [0.25, 0.3) is 0 Å². The Balaban J connectivity index is 2.74. The van der Waals surface area contributed by atoms with Crippen LogP contribution in [0.1, 0.15) is 20.8 Å². The average Bonchev–Trinajstić information content (AvgIpc) is 2.54. The Labute approximate surface area is 119 Å². The van der Waals surface area contributed by atoms with Crippen LogP contribution in [0.4, 0.5) is 5.69 Å². The van der Waals surface area contributed by atoms with E-state index in [0.29, 0.717) is 11.1 Å². The maximum absolute atomic E-state index is 9.39. The van der Waals surface area contributed by atoms with Gasteiger partial charge in [-0.15, -0.1) is 0 Å². The van der Waals surface area contributed by atoms with Crippen LogP contribution in [0.2, 0.25) is 0 Å². The minimum Gasteiger partial charge on any atom is -0.316 e. The minimum atomic E-state index is 0.580. The summed E-state index contributed by atoms with van der Waals surface area (Å²) in [5.74, 6) is 0. The molecule has 0 atom stereocenters. The molecular weight excluding hydrogens is 246 g/mol. The van der Waals surface area contributed by atoms with E-state index >= 15 is 0 Å². The van der Waals surface area contributed by atoms with Crippen LogP contribution in [0.3, 0.4) is 0 Å². The second-order valence-electron chi connectivity index (χ2n) is 4.68. The summed E-state index contributed by atoms with van der Waals surface area (Å²) >= 11 is 0. The number of hydrogen-bond acceptors (Lipinski definition) is 3. The molecule has 20 heavy (non-hydrogen) atoms. The molecule has 1 aliphatic heterocycles. The van der Waals surface area contributed by atoms with Crippen LogP contribution < -0.4 is 4.90 Å². The fourth-order valence-electron chi connectivity index (χ4n) is 2.41. The van der Waals surface area contributed by atoms with E-state index in [1.54, 1.807) is 6.08 Å². The van der Waals surface area contributed by atoms with Gasteiger partial charge >= 0.3 is 0 Å². The fourth-order valence-corrected chi connectivity index (χ4v) is 2.41. The van der Waals surface area contributed by atoms with Crippen molar-refractivity contribution in [1.82, 2.24) is 0 Å². The van der Waals surface area contributed by atoms with E-state index in [2.05, 4.69) is 12.1 Å². The number of nitriles is 2. The molecule has 0 aliphatic carbocycles. The lowest BCUT2D eigenvalue weighted by Crippen LogP contribution is -2.20. The topological polar surface area (TPSA) is 50.8 Å². The largest absolute Gasteiger partial charge is 0.316 e. The van der Waals surface area contributed by atoms with E-state index in [0.717, 1.165) is 22.7 Å². The van der Waals surface area contributed by atoms with Crippen molar-refractivity contribution in [2.75, 3.05) is 4.90 Å². The molecule has 1 aliphatic rings. The number of allylic oxidation sites excluding steroid dienone is 6. The maximum Gasteiger partial charge on any atom is 0.101 e. The fraction of sp³-hybridized carbons (Fsp3) is 0.176. The maximum atomic E-state index is 9.39. The molecule has 0 bridgehead atoms. The summed E-state index contributed by atoms with van der Waals surface area (Å²) in [5.41, 5.74) is 4.64. The summed E-state index contributed by atoms with van der Waals surface area (Å²) in [4.78, 5) is 1.96. The van der Waals surface area contributed by atoms with Crippen molar-refractivity contribution in [2.24, 2.45) is 0 Å². The standard InChI is InChI=1S/C17H15N3/c1-12-9-15(10-18)13(2)20(14(3)17(12)11-19)16-7-5-4-6-8-16/h4-9H,1-3H3. The van der Waals surface area contributed by atoms with Gasteiger partial charge in [0.15, 0.2) is 0 Å². The first-order chi connectivity index (χ1) is 9.60. The third kappa shape index (κ3) is 2.22. The Kier molecular flexibility index (Phi) is 3.73. The quantitative estimate of drug-likeness (QED) is 0.766. The van der Waals surface area contributed by atoms with Gasteiger partial charge in [-0.3, -0.25) is 0 Å². The van der Waals surface area contributed by atoms with Gasteiger partial charge in [-0.2, -0.15) is 10.5 Å². The second-order valence-corrected chi connectivity index (χ2v) is 4.68. The lowest BCUT2D eigenvalue weighted by molar-refractivity contribution is 1.04. The predicted octanol–water partition coefficient (Wildman–Crippen LogP) is 4.05. The Bertz CT molecular complexity index is 707. The number of rotatable bonds is 1. The zero-order chi connectivity index (χ0) is 14.7. The van der Waals surface area contributed by atoms with E-state index in [-0.39, 0.29) is 0 Å². The highest BCUT2D eigenvalue weighted by atomic mass is 15.2. The molecule has 0 radical (unpaired) electrons. The molecule has 3 heteroatoms. The summed E-state index contributed by atoms with van der Waals surface area (Å²) in [5, 5.41) is 18.7. The van der Waals surface area contributed by atoms with Gasteiger partial charge in [0.1, 0.15) is 12.1 Å². The lowest BCUT2D eigenvalue weighted by atomic mass is 10.1. The predicted molar refractivity (Wildman–Crippen MR) is 79.3 cm³/mol. The van der Waals surface area contributed by atoms with Gasteiger partial charge < -0.3 is 4.90 Å². The average molecular weight is 261 g/mol. The van der Waals surface area contributed by atoms with Crippen LogP contribution in [0.15, 0.2) is 64.5 Å². The third-order valence-electron chi connectivity index (χ3n) is 3.42. The third-order valence-corrected chi connectivity index (χ3v) is 3.42. The molecule has 0 saturated heterocycles. The van der Waals surface area contributed by atoms with Crippen molar-refractivity contribution in [3.05, 3.63) is 64.5 Å². The van der Waals surface area contributed by atoms with Crippen molar-refractivity contribution in [3.63, 3.8) is 0 Å². The van der Waals surface area contributed by atoms with Crippen molar-refractivity contribution in [2.45, 2.75) is 20.8 Å². The number of para-hydroxylation sites is 1. The molecule has 98 valence electrons. The number of anilines is 1. The van der Waals surface area contributed by atoms with Crippen molar-refractivity contribution in [3.8, 4) is 12.1 Å². The molecule has 0 unspecified atom stereocenters. The molecule has 0 amide bonds. The van der Waals surface area contributed by atoms with Gasteiger partial charge in [-0.25, -0.2) is 0 Å². The molecule has 0 spiro atoms. The molecule has 1 aromatic rings. The Morgan fingerprint density at radius 3 is 2.10 bits per heavy atom. The molecular formula is C17H15N3. The summed E-state index contributed by atoms with van der Waals surface area (Å²) in [6, 6.07) is 14.2. The monoisotopic (exact) mass is 261 g/mol.